The third kappa shape index (κ3) is 2.87. The molecule has 0 spiro atoms. The van der Waals surface area contributed by atoms with Gasteiger partial charge in [-0.1, -0.05) is 43.7 Å². The third-order valence-electron chi connectivity index (χ3n) is 4.27. The van der Waals surface area contributed by atoms with Crippen LogP contribution in [0.3, 0.4) is 0 Å². The average Bonchev–Trinajstić information content (AvgIpc) is 2.84. The van der Waals surface area contributed by atoms with Gasteiger partial charge in [0.25, 0.3) is 5.91 Å². The molecule has 2 aromatic carbocycles. The molecule has 0 fully saturated rings. The first-order valence-corrected chi connectivity index (χ1v) is 7.96. The summed E-state index contributed by atoms with van der Waals surface area (Å²) in [7, 11) is 0. The lowest BCUT2D eigenvalue weighted by Crippen LogP contribution is -2.15. The molecule has 3 rings (SSSR count). The molecule has 0 saturated carbocycles. The van der Waals surface area contributed by atoms with Gasteiger partial charge in [0.1, 0.15) is 5.69 Å². The van der Waals surface area contributed by atoms with Gasteiger partial charge in [-0.25, -0.2) is 0 Å². The summed E-state index contributed by atoms with van der Waals surface area (Å²) in [4.78, 5) is 16.0. The van der Waals surface area contributed by atoms with E-state index in [1.807, 2.05) is 37.3 Å². The quantitative estimate of drug-likeness (QED) is 0.689. The van der Waals surface area contributed by atoms with Gasteiger partial charge < -0.3 is 10.3 Å². The first kappa shape index (κ1) is 15.3. The molecule has 3 aromatic rings. The summed E-state index contributed by atoms with van der Waals surface area (Å²) >= 11 is 0. The molecule has 1 aromatic heterocycles. The Kier molecular flexibility index (Phi) is 3.95. The van der Waals surface area contributed by atoms with Crippen LogP contribution < -0.4 is 5.32 Å². The number of benzene rings is 2. The molecule has 0 atom stereocenters. The largest absolute Gasteiger partial charge is 0.350 e. The molecule has 0 aliphatic heterocycles. The lowest BCUT2D eigenvalue weighted by molar-refractivity contribution is 0.102. The summed E-state index contributed by atoms with van der Waals surface area (Å²) in [5, 5.41) is 4.16. The van der Waals surface area contributed by atoms with Crippen molar-refractivity contribution in [3.63, 3.8) is 0 Å². The second-order valence-corrected chi connectivity index (χ2v) is 6.37. The van der Waals surface area contributed by atoms with Crippen molar-refractivity contribution >= 4 is 22.5 Å². The van der Waals surface area contributed by atoms with E-state index in [0.717, 1.165) is 27.7 Å². The Hall–Kier alpha value is -2.55. The van der Waals surface area contributed by atoms with Gasteiger partial charge in [0, 0.05) is 16.6 Å². The highest BCUT2D eigenvalue weighted by molar-refractivity contribution is 6.08. The summed E-state index contributed by atoms with van der Waals surface area (Å²) in [6.07, 6.45) is 0. The zero-order valence-corrected chi connectivity index (χ0v) is 14.0. The normalized spacial score (nSPS) is 11.2. The van der Waals surface area contributed by atoms with Crippen LogP contribution in [0, 0.1) is 13.8 Å². The monoisotopic (exact) mass is 306 g/mol. The predicted molar refractivity (Wildman–Crippen MR) is 96.3 cm³/mol. The number of anilines is 1. The molecule has 0 bridgehead atoms. The minimum Gasteiger partial charge on any atom is -0.350 e. The molecule has 0 saturated heterocycles. The number of H-pyrrole nitrogens is 1. The van der Waals surface area contributed by atoms with Gasteiger partial charge in [0.2, 0.25) is 0 Å². The fourth-order valence-electron chi connectivity index (χ4n) is 2.97. The van der Waals surface area contributed by atoms with Crippen LogP contribution in [-0.4, -0.2) is 10.9 Å². The maximum Gasteiger partial charge on any atom is 0.272 e. The first-order valence-electron chi connectivity index (χ1n) is 7.96. The predicted octanol–water partition coefficient (Wildman–Crippen LogP) is 5.16. The number of hydrogen-bond donors (Lipinski definition) is 2. The van der Waals surface area contributed by atoms with Gasteiger partial charge in [-0.15, -0.1) is 0 Å². The number of carbonyl (C=O) groups excluding carboxylic acids is 1. The number of rotatable bonds is 3. The van der Waals surface area contributed by atoms with Crippen LogP contribution in [0.1, 0.15) is 46.9 Å². The zero-order valence-electron chi connectivity index (χ0n) is 14.0. The van der Waals surface area contributed by atoms with E-state index in [1.165, 1.54) is 5.56 Å². The number of aromatic nitrogens is 1. The highest BCUT2D eigenvalue weighted by atomic mass is 16.1. The van der Waals surface area contributed by atoms with Crippen LogP contribution in [-0.2, 0) is 0 Å². The van der Waals surface area contributed by atoms with E-state index < -0.39 is 0 Å². The van der Waals surface area contributed by atoms with E-state index in [2.05, 4.69) is 43.2 Å². The number of hydrogen-bond acceptors (Lipinski definition) is 1. The standard InChI is InChI=1S/C20H22N2O/c1-12(2)15-7-5-6-8-17(15)22-20(23)19-14(4)16-11-13(3)9-10-18(16)21-19/h5-12,21H,1-4H3,(H,22,23). The topological polar surface area (TPSA) is 44.9 Å². The SMILES string of the molecule is Cc1ccc2[nH]c(C(=O)Nc3ccccc3C(C)C)c(C)c2c1. The fraction of sp³-hybridized carbons (Fsp3) is 0.250. The fourth-order valence-corrected chi connectivity index (χ4v) is 2.97. The zero-order chi connectivity index (χ0) is 16.6. The Morgan fingerprint density at radius 2 is 1.83 bits per heavy atom. The molecule has 3 heteroatoms. The lowest BCUT2D eigenvalue weighted by atomic mass is 10.0. The summed E-state index contributed by atoms with van der Waals surface area (Å²) in [6.45, 7) is 8.30. The Labute approximate surface area is 136 Å². The molecule has 0 radical (unpaired) electrons. The van der Waals surface area contributed by atoms with Crippen molar-refractivity contribution in [2.75, 3.05) is 5.32 Å². The summed E-state index contributed by atoms with van der Waals surface area (Å²) < 4.78 is 0. The van der Waals surface area contributed by atoms with E-state index >= 15 is 0 Å². The maximum absolute atomic E-state index is 12.7. The van der Waals surface area contributed by atoms with E-state index in [1.54, 1.807) is 0 Å². The second-order valence-electron chi connectivity index (χ2n) is 6.37. The van der Waals surface area contributed by atoms with Crippen LogP contribution in [0.2, 0.25) is 0 Å². The van der Waals surface area contributed by atoms with E-state index in [4.69, 9.17) is 0 Å². The van der Waals surface area contributed by atoms with Crippen LogP contribution in [0.25, 0.3) is 10.9 Å². The molecular formula is C20H22N2O. The van der Waals surface area contributed by atoms with Gasteiger partial charge in [-0.3, -0.25) is 4.79 Å². The second kappa shape index (κ2) is 5.92. The highest BCUT2D eigenvalue weighted by Gasteiger charge is 2.16. The molecule has 0 aliphatic carbocycles. The maximum atomic E-state index is 12.7. The summed E-state index contributed by atoms with van der Waals surface area (Å²) in [5.74, 6) is 0.266. The minimum atomic E-state index is -0.0931. The van der Waals surface area contributed by atoms with Crippen LogP contribution in [0.4, 0.5) is 5.69 Å². The van der Waals surface area contributed by atoms with E-state index in [9.17, 15) is 4.79 Å². The van der Waals surface area contributed by atoms with Gasteiger partial charge in [0.05, 0.1) is 0 Å². The molecule has 3 nitrogen and oxygen atoms in total. The molecular weight excluding hydrogens is 284 g/mol. The van der Waals surface area contributed by atoms with Gasteiger partial charge in [-0.2, -0.15) is 0 Å². The first-order chi connectivity index (χ1) is 11.0. The van der Waals surface area contributed by atoms with Crippen molar-refractivity contribution in [2.24, 2.45) is 0 Å². The van der Waals surface area contributed by atoms with Gasteiger partial charge >= 0.3 is 0 Å². The number of carbonyl (C=O) groups is 1. The average molecular weight is 306 g/mol. The Balaban J connectivity index is 1.97. The molecule has 23 heavy (non-hydrogen) atoms. The van der Waals surface area contributed by atoms with Crippen LogP contribution in [0.5, 0.6) is 0 Å². The highest BCUT2D eigenvalue weighted by Crippen LogP contribution is 2.26. The number of para-hydroxylation sites is 1. The van der Waals surface area contributed by atoms with Crippen molar-refractivity contribution in [1.82, 2.24) is 4.98 Å². The molecule has 118 valence electrons. The van der Waals surface area contributed by atoms with Crippen molar-refractivity contribution in [1.29, 1.82) is 0 Å². The van der Waals surface area contributed by atoms with E-state index in [-0.39, 0.29) is 5.91 Å². The Bertz CT molecular complexity index is 874. The Morgan fingerprint density at radius 1 is 1.09 bits per heavy atom. The molecule has 1 amide bonds. The lowest BCUT2D eigenvalue weighted by Gasteiger charge is -2.13. The van der Waals surface area contributed by atoms with Crippen LogP contribution in [0.15, 0.2) is 42.5 Å². The number of amides is 1. The summed E-state index contributed by atoms with van der Waals surface area (Å²) in [5.41, 5.74) is 5.83. The number of aryl methyl sites for hydroxylation is 2. The van der Waals surface area contributed by atoms with Gasteiger partial charge in [0.15, 0.2) is 0 Å². The third-order valence-corrected chi connectivity index (χ3v) is 4.27. The summed E-state index contributed by atoms with van der Waals surface area (Å²) in [6, 6.07) is 14.1. The van der Waals surface area contributed by atoms with Crippen molar-refractivity contribution in [3.8, 4) is 0 Å². The van der Waals surface area contributed by atoms with Crippen molar-refractivity contribution in [2.45, 2.75) is 33.6 Å². The van der Waals surface area contributed by atoms with Crippen LogP contribution >= 0.6 is 0 Å². The molecule has 1 heterocycles. The van der Waals surface area contributed by atoms with Crippen molar-refractivity contribution < 1.29 is 4.79 Å². The molecule has 2 N–H and O–H groups in total. The number of aromatic amines is 1. The smallest absolute Gasteiger partial charge is 0.272 e. The van der Waals surface area contributed by atoms with Gasteiger partial charge in [-0.05, 0) is 49.1 Å². The minimum absolute atomic E-state index is 0.0931. The van der Waals surface area contributed by atoms with Crippen molar-refractivity contribution in [3.05, 3.63) is 64.8 Å². The number of fused-ring (bicyclic) bond motifs is 1. The Morgan fingerprint density at radius 3 is 2.57 bits per heavy atom. The molecule has 0 aliphatic rings. The molecule has 0 unspecified atom stereocenters. The number of nitrogens with one attached hydrogen (secondary N) is 2. The van der Waals surface area contributed by atoms with E-state index in [0.29, 0.717) is 11.6 Å².